The SMILES string of the molecule is CCOc1ccc(OCC)c(NC(=O)CN2CCOC(C)C2)c1. The first-order chi connectivity index (χ1) is 11.1. The van der Waals surface area contributed by atoms with Crippen molar-refractivity contribution in [3.05, 3.63) is 18.2 Å². The number of hydrogen-bond donors (Lipinski definition) is 1. The van der Waals surface area contributed by atoms with Crippen molar-refractivity contribution >= 4 is 11.6 Å². The Bertz CT molecular complexity index is 521. The van der Waals surface area contributed by atoms with Crippen molar-refractivity contribution in [3.63, 3.8) is 0 Å². The van der Waals surface area contributed by atoms with Gasteiger partial charge >= 0.3 is 0 Å². The third-order valence-electron chi connectivity index (χ3n) is 3.53. The van der Waals surface area contributed by atoms with Crippen LogP contribution in [0.5, 0.6) is 11.5 Å². The maximum Gasteiger partial charge on any atom is 0.238 e. The van der Waals surface area contributed by atoms with Crippen molar-refractivity contribution in [3.8, 4) is 11.5 Å². The summed E-state index contributed by atoms with van der Waals surface area (Å²) in [7, 11) is 0. The minimum Gasteiger partial charge on any atom is -0.494 e. The second-order valence-corrected chi connectivity index (χ2v) is 5.49. The van der Waals surface area contributed by atoms with Crippen LogP contribution in [0.4, 0.5) is 5.69 Å². The minimum atomic E-state index is -0.0614. The van der Waals surface area contributed by atoms with Crippen molar-refractivity contribution in [2.45, 2.75) is 26.9 Å². The Kier molecular flexibility index (Phi) is 6.67. The number of ether oxygens (including phenoxy) is 3. The topological polar surface area (TPSA) is 60.0 Å². The maximum absolute atomic E-state index is 12.3. The van der Waals surface area contributed by atoms with Crippen molar-refractivity contribution in [1.82, 2.24) is 4.90 Å². The van der Waals surface area contributed by atoms with E-state index >= 15 is 0 Å². The van der Waals surface area contributed by atoms with Gasteiger partial charge in [0.05, 0.1) is 38.2 Å². The molecule has 1 atom stereocenters. The standard InChI is InChI=1S/C17H26N2O4/c1-4-21-14-6-7-16(22-5-2)15(10-14)18-17(20)12-19-8-9-23-13(3)11-19/h6-7,10,13H,4-5,8-9,11-12H2,1-3H3,(H,18,20). The molecule has 1 aliphatic rings. The van der Waals surface area contributed by atoms with Crippen LogP contribution in [0, 0.1) is 0 Å². The smallest absolute Gasteiger partial charge is 0.238 e. The number of carbonyl (C=O) groups is 1. The minimum absolute atomic E-state index is 0.0614. The third kappa shape index (κ3) is 5.41. The van der Waals surface area contributed by atoms with Gasteiger partial charge in [0.2, 0.25) is 5.91 Å². The normalized spacial score (nSPS) is 18.5. The first kappa shape index (κ1) is 17.6. The van der Waals surface area contributed by atoms with E-state index in [4.69, 9.17) is 14.2 Å². The van der Waals surface area contributed by atoms with E-state index < -0.39 is 0 Å². The molecule has 1 amide bonds. The molecule has 0 saturated carbocycles. The number of carbonyl (C=O) groups excluding carboxylic acids is 1. The molecule has 23 heavy (non-hydrogen) atoms. The predicted molar refractivity (Wildman–Crippen MR) is 89.3 cm³/mol. The fourth-order valence-corrected chi connectivity index (χ4v) is 2.57. The van der Waals surface area contributed by atoms with E-state index in [1.165, 1.54) is 0 Å². The van der Waals surface area contributed by atoms with Gasteiger partial charge in [0, 0.05) is 19.2 Å². The highest BCUT2D eigenvalue weighted by atomic mass is 16.5. The van der Waals surface area contributed by atoms with Gasteiger partial charge in [0.15, 0.2) is 0 Å². The molecule has 2 rings (SSSR count). The molecule has 0 radical (unpaired) electrons. The molecule has 6 nitrogen and oxygen atoms in total. The summed E-state index contributed by atoms with van der Waals surface area (Å²) in [5.41, 5.74) is 0.643. The highest BCUT2D eigenvalue weighted by molar-refractivity contribution is 5.94. The first-order valence-electron chi connectivity index (χ1n) is 8.15. The van der Waals surface area contributed by atoms with Crippen LogP contribution in [0.2, 0.25) is 0 Å². The fourth-order valence-electron chi connectivity index (χ4n) is 2.57. The molecule has 0 aromatic heterocycles. The van der Waals surface area contributed by atoms with Gasteiger partial charge in [-0.3, -0.25) is 9.69 Å². The van der Waals surface area contributed by atoms with Gasteiger partial charge in [-0.2, -0.15) is 0 Å². The van der Waals surface area contributed by atoms with E-state index in [1.807, 2.05) is 32.9 Å². The Hall–Kier alpha value is -1.79. The number of nitrogens with one attached hydrogen (secondary N) is 1. The number of amides is 1. The summed E-state index contributed by atoms with van der Waals surface area (Å²) in [4.78, 5) is 14.4. The summed E-state index contributed by atoms with van der Waals surface area (Å²) in [6.45, 7) is 9.52. The first-order valence-corrected chi connectivity index (χ1v) is 8.15. The molecule has 0 aliphatic carbocycles. The number of nitrogens with zero attached hydrogens (tertiary/aromatic N) is 1. The molecule has 6 heteroatoms. The zero-order chi connectivity index (χ0) is 16.7. The van der Waals surface area contributed by atoms with Gasteiger partial charge in [0.25, 0.3) is 0 Å². The van der Waals surface area contributed by atoms with E-state index in [0.29, 0.717) is 43.6 Å². The summed E-state index contributed by atoms with van der Waals surface area (Å²) < 4.78 is 16.6. The molecule has 1 N–H and O–H groups in total. The van der Waals surface area contributed by atoms with Crippen LogP contribution in [-0.4, -0.2) is 56.4 Å². The van der Waals surface area contributed by atoms with Crippen LogP contribution >= 0.6 is 0 Å². The monoisotopic (exact) mass is 322 g/mol. The molecule has 1 aromatic rings. The average molecular weight is 322 g/mol. The predicted octanol–water partition coefficient (Wildman–Crippen LogP) is 2.14. The molecule has 1 unspecified atom stereocenters. The maximum atomic E-state index is 12.3. The van der Waals surface area contributed by atoms with E-state index in [0.717, 1.165) is 13.1 Å². The van der Waals surface area contributed by atoms with Gasteiger partial charge in [-0.15, -0.1) is 0 Å². The van der Waals surface area contributed by atoms with Crippen LogP contribution in [0.3, 0.4) is 0 Å². The molecule has 128 valence electrons. The van der Waals surface area contributed by atoms with Gasteiger partial charge in [-0.1, -0.05) is 0 Å². The summed E-state index contributed by atoms with van der Waals surface area (Å²) in [6, 6.07) is 5.46. The Balaban J connectivity index is 2.01. The summed E-state index contributed by atoms with van der Waals surface area (Å²) in [5, 5.41) is 2.93. The Morgan fingerprint density at radius 2 is 2.13 bits per heavy atom. The molecular formula is C17H26N2O4. The van der Waals surface area contributed by atoms with Crippen LogP contribution in [0.15, 0.2) is 18.2 Å². The van der Waals surface area contributed by atoms with Crippen LogP contribution < -0.4 is 14.8 Å². The lowest BCUT2D eigenvalue weighted by atomic mass is 10.2. The lowest BCUT2D eigenvalue weighted by Gasteiger charge is -2.30. The number of benzene rings is 1. The number of morpholine rings is 1. The van der Waals surface area contributed by atoms with E-state index in [9.17, 15) is 4.79 Å². The van der Waals surface area contributed by atoms with Crippen LogP contribution in [0.1, 0.15) is 20.8 Å². The second-order valence-electron chi connectivity index (χ2n) is 5.49. The van der Waals surface area contributed by atoms with Gasteiger partial charge in [-0.25, -0.2) is 0 Å². The Morgan fingerprint density at radius 3 is 2.83 bits per heavy atom. The van der Waals surface area contributed by atoms with Crippen LogP contribution in [-0.2, 0) is 9.53 Å². The quantitative estimate of drug-likeness (QED) is 0.833. The van der Waals surface area contributed by atoms with Gasteiger partial charge < -0.3 is 19.5 Å². The van der Waals surface area contributed by atoms with Gasteiger partial charge in [0.1, 0.15) is 11.5 Å². The van der Waals surface area contributed by atoms with Crippen molar-refractivity contribution in [2.24, 2.45) is 0 Å². The van der Waals surface area contributed by atoms with E-state index in [1.54, 1.807) is 6.07 Å². The lowest BCUT2D eigenvalue weighted by Crippen LogP contribution is -2.44. The molecule has 0 bridgehead atoms. The molecule has 1 fully saturated rings. The van der Waals surface area contributed by atoms with Gasteiger partial charge in [-0.05, 0) is 32.9 Å². The fraction of sp³-hybridized carbons (Fsp3) is 0.588. The summed E-state index contributed by atoms with van der Waals surface area (Å²) in [5.74, 6) is 1.31. The highest BCUT2D eigenvalue weighted by Gasteiger charge is 2.19. The molecule has 1 saturated heterocycles. The summed E-state index contributed by atoms with van der Waals surface area (Å²) >= 11 is 0. The van der Waals surface area contributed by atoms with E-state index in [-0.39, 0.29) is 12.0 Å². The van der Waals surface area contributed by atoms with Crippen molar-refractivity contribution in [2.75, 3.05) is 44.8 Å². The van der Waals surface area contributed by atoms with Crippen molar-refractivity contribution < 1.29 is 19.0 Å². The second kappa shape index (κ2) is 8.74. The average Bonchev–Trinajstić information content (AvgIpc) is 2.50. The largest absolute Gasteiger partial charge is 0.494 e. The summed E-state index contributed by atoms with van der Waals surface area (Å²) in [6.07, 6.45) is 0.164. The molecule has 1 heterocycles. The molecule has 0 spiro atoms. The molecular weight excluding hydrogens is 296 g/mol. The zero-order valence-corrected chi connectivity index (χ0v) is 14.1. The third-order valence-corrected chi connectivity index (χ3v) is 3.53. The lowest BCUT2D eigenvalue weighted by molar-refractivity contribution is -0.119. The Labute approximate surface area is 137 Å². The number of anilines is 1. The Morgan fingerprint density at radius 1 is 1.35 bits per heavy atom. The number of hydrogen-bond acceptors (Lipinski definition) is 5. The van der Waals surface area contributed by atoms with E-state index in [2.05, 4.69) is 10.2 Å². The molecule has 1 aliphatic heterocycles. The van der Waals surface area contributed by atoms with Crippen molar-refractivity contribution in [1.29, 1.82) is 0 Å². The highest BCUT2D eigenvalue weighted by Crippen LogP contribution is 2.29. The zero-order valence-electron chi connectivity index (χ0n) is 14.1. The number of rotatable bonds is 7. The molecule has 1 aromatic carbocycles. The van der Waals surface area contributed by atoms with Crippen LogP contribution in [0.25, 0.3) is 0 Å².